The van der Waals surface area contributed by atoms with E-state index in [1.54, 1.807) is 26.0 Å². The van der Waals surface area contributed by atoms with Crippen molar-refractivity contribution in [3.05, 3.63) is 85.4 Å². The predicted octanol–water partition coefficient (Wildman–Crippen LogP) is 3.12. The summed E-state index contributed by atoms with van der Waals surface area (Å²) < 4.78 is 38.3. The van der Waals surface area contributed by atoms with Crippen LogP contribution < -0.4 is 15.6 Å². The van der Waals surface area contributed by atoms with Gasteiger partial charge in [-0.05, 0) is 59.6 Å². The summed E-state index contributed by atoms with van der Waals surface area (Å²) in [6.07, 6.45) is -1.39. The van der Waals surface area contributed by atoms with Crippen LogP contribution in [0.1, 0.15) is 33.7 Å². The summed E-state index contributed by atoms with van der Waals surface area (Å²) >= 11 is 3.19. The molecular weight excluding hydrogens is 556 g/mol. The molecule has 2 aromatic carbocycles. The van der Waals surface area contributed by atoms with Crippen LogP contribution in [0.3, 0.4) is 0 Å². The Kier molecular flexibility index (Phi) is 9.11. The molecule has 2 N–H and O–H groups in total. The number of hydrogen-bond acceptors (Lipinski definition) is 7. The van der Waals surface area contributed by atoms with Crippen LogP contribution in [-0.2, 0) is 16.1 Å². The maximum absolute atomic E-state index is 13.9. The Bertz CT molecular complexity index is 1400. The lowest BCUT2D eigenvalue weighted by Crippen LogP contribution is -2.31. The molecule has 0 aliphatic rings. The van der Waals surface area contributed by atoms with E-state index in [1.165, 1.54) is 16.7 Å². The number of carbonyl (C=O) groups excluding carboxylic acids is 2. The fourth-order valence-corrected chi connectivity index (χ4v) is 3.80. The van der Waals surface area contributed by atoms with Crippen LogP contribution in [0.25, 0.3) is 5.69 Å². The SMILES string of the molecule is COC(=O)[C@@H](O)CCNC(=O)c1ccc(C)c(-n2c(C)nc(OCc3ccc(F)cc3F)c(Br)c2=O)c1. The van der Waals surface area contributed by atoms with Crippen LogP contribution in [0.5, 0.6) is 5.88 Å². The lowest BCUT2D eigenvalue weighted by atomic mass is 10.1. The van der Waals surface area contributed by atoms with Crippen molar-refractivity contribution < 1.29 is 33.0 Å². The Morgan fingerprint density at radius 3 is 2.59 bits per heavy atom. The zero-order valence-corrected chi connectivity index (χ0v) is 21.8. The standard InChI is InChI=1S/C25H24BrF2N3O6/c1-13-4-5-15(22(33)29-9-8-20(32)25(35)36-3)10-19(13)31-14(2)30-23(21(26)24(31)34)37-12-16-6-7-17(27)11-18(16)28/h4-7,10-11,20,32H,8-9,12H2,1-3H3,(H,29,33)/t20-/m0/s1. The molecule has 0 spiro atoms. The van der Waals surface area contributed by atoms with Crippen LogP contribution in [0.2, 0.25) is 0 Å². The minimum absolute atomic E-state index is 0.0189. The Morgan fingerprint density at radius 2 is 1.92 bits per heavy atom. The molecule has 12 heteroatoms. The normalized spacial score (nSPS) is 11.6. The summed E-state index contributed by atoms with van der Waals surface area (Å²) in [5.74, 6) is -2.61. The number of aliphatic hydroxyl groups excluding tert-OH is 1. The van der Waals surface area contributed by atoms with Gasteiger partial charge in [0.05, 0.1) is 12.8 Å². The number of aromatic nitrogens is 2. The van der Waals surface area contributed by atoms with Crippen molar-refractivity contribution in [1.82, 2.24) is 14.9 Å². The largest absolute Gasteiger partial charge is 0.472 e. The number of ether oxygens (including phenoxy) is 2. The lowest BCUT2D eigenvalue weighted by Gasteiger charge is -2.16. The van der Waals surface area contributed by atoms with Gasteiger partial charge in [0.2, 0.25) is 5.88 Å². The molecule has 0 saturated heterocycles. The monoisotopic (exact) mass is 579 g/mol. The molecule has 0 fully saturated rings. The van der Waals surface area contributed by atoms with Crippen molar-refractivity contribution in [3.8, 4) is 11.6 Å². The average Bonchev–Trinajstić information content (AvgIpc) is 2.86. The number of halogens is 3. The van der Waals surface area contributed by atoms with Crippen molar-refractivity contribution in [3.63, 3.8) is 0 Å². The summed E-state index contributed by atoms with van der Waals surface area (Å²) in [5.41, 5.74) is 0.880. The zero-order chi connectivity index (χ0) is 27.3. The third-order valence-corrected chi connectivity index (χ3v) is 6.11. The molecule has 1 atom stereocenters. The number of nitrogens with zero attached hydrogens (tertiary/aromatic N) is 2. The summed E-state index contributed by atoms with van der Waals surface area (Å²) in [6.45, 7) is 3.07. The number of esters is 1. The number of rotatable bonds is 9. The molecule has 0 aliphatic heterocycles. The molecule has 0 unspecified atom stereocenters. The summed E-state index contributed by atoms with van der Waals surface area (Å²) in [4.78, 5) is 41.4. The van der Waals surface area contributed by atoms with E-state index in [2.05, 4.69) is 31.0 Å². The second-order valence-electron chi connectivity index (χ2n) is 8.03. The topological polar surface area (TPSA) is 120 Å². The molecule has 0 saturated carbocycles. The molecule has 9 nitrogen and oxygen atoms in total. The van der Waals surface area contributed by atoms with Crippen LogP contribution in [0.4, 0.5) is 8.78 Å². The van der Waals surface area contributed by atoms with E-state index in [4.69, 9.17) is 4.74 Å². The summed E-state index contributed by atoms with van der Waals surface area (Å²) in [6, 6.07) is 7.82. The van der Waals surface area contributed by atoms with Crippen molar-refractivity contribution >= 4 is 27.8 Å². The first-order valence-electron chi connectivity index (χ1n) is 11.0. The van der Waals surface area contributed by atoms with Gasteiger partial charge in [0.15, 0.2) is 6.10 Å². The van der Waals surface area contributed by atoms with E-state index < -0.39 is 35.2 Å². The Hall–Kier alpha value is -3.64. The minimum Gasteiger partial charge on any atom is -0.472 e. The van der Waals surface area contributed by atoms with E-state index in [9.17, 15) is 28.3 Å². The first-order chi connectivity index (χ1) is 17.5. The molecule has 37 heavy (non-hydrogen) atoms. The highest BCUT2D eigenvalue weighted by molar-refractivity contribution is 9.10. The number of nitrogens with one attached hydrogen (secondary N) is 1. The molecule has 0 aliphatic carbocycles. The quantitative estimate of drug-likeness (QED) is 0.374. The van der Waals surface area contributed by atoms with Gasteiger partial charge in [-0.3, -0.25) is 14.2 Å². The Labute approximate surface area is 219 Å². The zero-order valence-electron chi connectivity index (χ0n) is 20.2. The first kappa shape index (κ1) is 27.9. The second-order valence-corrected chi connectivity index (χ2v) is 8.82. The van der Waals surface area contributed by atoms with Crippen molar-refractivity contribution in [2.24, 2.45) is 0 Å². The lowest BCUT2D eigenvalue weighted by molar-refractivity contribution is -0.150. The Balaban J connectivity index is 1.83. The van der Waals surface area contributed by atoms with Gasteiger partial charge in [0, 0.05) is 30.2 Å². The van der Waals surface area contributed by atoms with Crippen LogP contribution >= 0.6 is 15.9 Å². The number of hydrogen-bond donors (Lipinski definition) is 2. The number of aliphatic hydroxyl groups is 1. The first-order valence-corrected chi connectivity index (χ1v) is 11.8. The molecule has 196 valence electrons. The van der Waals surface area contributed by atoms with Gasteiger partial charge in [0.1, 0.15) is 28.5 Å². The molecule has 0 bridgehead atoms. The fraction of sp³-hybridized carbons (Fsp3) is 0.280. The third kappa shape index (κ3) is 6.57. The maximum atomic E-state index is 13.9. The van der Waals surface area contributed by atoms with E-state index in [-0.39, 0.29) is 46.9 Å². The molecule has 1 heterocycles. The van der Waals surface area contributed by atoms with Gasteiger partial charge in [-0.1, -0.05) is 6.07 Å². The van der Waals surface area contributed by atoms with E-state index in [1.807, 2.05) is 0 Å². The molecular formula is C25H24BrF2N3O6. The summed E-state index contributed by atoms with van der Waals surface area (Å²) in [5, 5.41) is 12.3. The van der Waals surface area contributed by atoms with Crippen molar-refractivity contribution in [1.29, 1.82) is 0 Å². The smallest absolute Gasteiger partial charge is 0.334 e. The van der Waals surface area contributed by atoms with Crippen LogP contribution in [0, 0.1) is 25.5 Å². The average molecular weight is 580 g/mol. The molecule has 3 rings (SSSR count). The number of aryl methyl sites for hydroxylation is 2. The number of amides is 1. The van der Waals surface area contributed by atoms with Crippen molar-refractivity contribution in [2.75, 3.05) is 13.7 Å². The van der Waals surface area contributed by atoms with E-state index >= 15 is 0 Å². The van der Waals surface area contributed by atoms with Crippen LogP contribution in [0.15, 0.2) is 45.7 Å². The molecule has 0 radical (unpaired) electrons. The summed E-state index contributed by atoms with van der Waals surface area (Å²) in [7, 11) is 1.15. The maximum Gasteiger partial charge on any atom is 0.334 e. The van der Waals surface area contributed by atoms with Gasteiger partial charge < -0.3 is 19.9 Å². The minimum atomic E-state index is -1.36. The number of methoxy groups -OCH3 is 1. The molecule has 1 amide bonds. The third-order valence-electron chi connectivity index (χ3n) is 5.43. The fourth-order valence-electron chi connectivity index (χ4n) is 3.42. The van der Waals surface area contributed by atoms with Gasteiger partial charge in [-0.2, -0.15) is 4.98 Å². The molecule has 1 aromatic heterocycles. The van der Waals surface area contributed by atoms with Crippen LogP contribution in [-0.4, -0.2) is 46.3 Å². The van der Waals surface area contributed by atoms with Gasteiger partial charge in [-0.15, -0.1) is 0 Å². The number of carbonyl (C=O) groups is 2. The number of benzene rings is 2. The van der Waals surface area contributed by atoms with Gasteiger partial charge in [-0.25, -0.2) is 13.6 Å². The second kappa shape index (κ2) is 12.1. The van der Waals surface area contributed by atoms with Gasteiger partial charge in [0.25, 0.3) is 11.5 Å². The van der Waals surface area contributed by atoms with Crippen molar-refractivity contribution in [2.45, 2.75) is 33.0 Å². The highest BCUT2D eigenvalue weighted by Crippen LogP contribution is 2.24. The highest BCUT2D eigenvalue weighted by atomic mass is 79.9. The van der Waals surface area contributed by atoms with Gasteiger partial charge >= 0.3 is 5.97 Å². The Morgan fingerprint density at radius 1 is 1.19 bits per heavy atom. The van der Waals surface area contributed by atoms with E-state index in [0.717, 1.165) is 19.2 Å². The van der Waals surface area contributed by atoms with E-state index in [0.29, 0.717) is 11.3 Å². The highest BCUT2D eigenvalue weighted by Gasteiger charge is 2.19. The predicted molar refractivity (Wildman–Crippen MR) is 133 cm³/mol. The molecule has 3 aromatic rings.